The Labute approximate surface area is 167 Å². The molecular weight excluding hydrogens is 368 g/mol. The molecule has 0 fully saturated rings. The molecule has 0 saturated carbocycles. The number of carbonyl (C=O) groups is 1. The number of imidazole rings is 1. The smallest absolute Gasteiger partial charge is 0.269 e. The number of hydrogen-bond acceptors (Lipinski definition) is 5. The van der Waals surface area contributed by atoms with Crippen LogP contribution in [0.2, 0.25) is 0 Å². The normalized spacial score (nSPS) is 12.2. The van der Waals surface area contributed by atoms with Crippen molar-refractivity contribution in [2.45, 2.75) is 19.5 Å². The summed E-state index contributed by atoms with van der Waals surface area (Å²) in [4.78, 5) is 21.5. The van der Waals surface area contributed by atoms with E-state index in [2.05, 4.69) is 25.1 Å². The van der Waals surface area contributed by atoms with Gasteiger partial charge in [0.1, 0.15) is 11.5 Å². The first-order valence-corrected chi connectivity index (χ1v) is 9.38. The first-order chi connectivity index (χ1) is 14.2. The zero-order valence-electron chi connectivity index (χ0n) is 16.3. The van der Waals surface area contributed by atoms with Crippen LogP contribution in [0.4, 0.5) is 0 Å². The van der Waals surface area contributed by atoms with E-state index < -0.39 is 0 Å². The molecule has 2 N–H and O–H groups in total. The summed E-state index contributed by atoms with van der Waals surface area (Å²) in [5.41, 5.74) is 3.88. The standard InChI is InChI=1S/C21H22N6O2/c1-14(20-24-16-5-3-4-6-19(16)27(20)11-12-29-2)23-21(28)18-13-17(25-26-18)15-7-9-22-10-8-15/h3-10,13-14H,11-12H2,1-2H3,(H,23,28)(H,25,26)/t14-/m0/s1. The fourth-order valence-corrected chi connectivity index (χ4v) is 3.29. The second-order valence-corrected chi connectivity index (χ2v) is 6.70. The van der Waals surface area contributed by atoms with Crippen LogP contribution in [-0.4, -0.2) is 44.4 Å². The fourth-order valence-electron chi connectivity index (χ4n) is 3.29. The average Bonchev–Trinajstić information content (AvgIpc) is 3.38. The van der Waals surface area contributed by atoms with E-state index in [1.54, 1.807) is 25.6 Å². The van der Waals surface area contributed by atoms with Crippen molar-refractivity contribution in [3.8, 4) is 11.3 Å². The van der Waals surface area contributed by atoms with E-state index in [0.717, 1.165) is 22.4 Å². The molecule has 0 bridgehead atoms. The van der Waals surface area contributed by atoms with E-state index >= 15 is 0 Å². The van der Waals surface area contributed by atoms with E-state index in [1.165, 1.54) is 0 Å². The number of carbonyl (C=O) groups excluding carboxylic acids is 1. The van der Waals surface area contributed by atoms with E-state index in [9.17, 15) is 4.79 Å². The fraction of sp³-hybridized carbons (Fsp3) is 0.238. The van der Waals surface area contributed by atoms with Crippen molar-refractivity contribution >= 4 is 16.9 Å². The Hall–Kier alpha value is -3.52. The number of para-hydroxylation sites is 2. The zero-order valence-corrected chi connectivity index (χ0v) is 16.3. The van der Waals surface area contributed by atoms with Gasteiger partial charge in [-0.15, -0.1) is 0 Å². The maximum absolute atomic E-state index is 12.8. The summed E-state index contributed by atoms with van der Waals surface area (Å²) >= 11 is 0. The monoisotopic (exact) mass is 390 g/mol. The Balaban J connectivity index is 1.56. The summed E-state index contributed by atoms with van der Waals surface area (Å²) in [6, 6.07) is 13.0. The van der Waals surface area contributed by atoms with Crippen molar-refractivity contribution in [2.75, 3.05) is 13.7 Å². The number of benzene rings is 1. The summed E-state index contributed by atoms with van der Waals surface area (Å²) in [6.07, 6.45) is 3.38. The third-order valence-corrected chi connectivity index (χ3v) is 4.74. The topological polar surface area (TPSA) is 97.7 Å². The van der Waals surface area contributed by atoms with Crippen LogP contribution in [-0.2, 0) is 11.3 Å². The maximum Gasteiger partial charge on any atom is 0.269 e. The molecule has 8 heteroatoms. The Bertz CT molecular complexity index is 1120. The highest BCUT2D eigenvalue weighted by molar-refractivity contribution is 5.93. The van der Waals surface area contributed by atoms with E-state index in [0.29, 0.717) is 24.5 Å². The highest BCUT2D eigenvalue weighted by Gasteiger charge is 2.20. The van der Waals surface area contributed by atoms with Gasteiger partial charge < -0.3 is 14.6 Å². The number of H-pyrrole nitrogens is 1. The van der Waals surface area contributed by atoms with E-state index in [-0.39, 0.29) is 11.9 Å². The number of hydrogen-bond donors (Lipinski definition) is 2. The molecule has 4 aromatic rings. The SMILES string of the molecule is COCCn1c([C@H](C)NC(=O)c2cc(-c3ccncc3)n[nH]2)nc2ccccc21. The Morgan fingerprint density at radius 1 is 1.24 bits per heavy atom. The van der Waals surface area contributed by atoms with Crippen LogP contribution in [0, 0.1) is 0 Å². The molecule has 0 radical (unpaired) electrons. The van der Waals surface area contributed by atoms with Crippen LogP contribution >= 0.6 is 0 Å². The number of aromatic amines is 1. The van der Waals surface area contributed by atoms with E-state index in [1.807, 2.05) is 43.3 Å². The lowest BCUT2D eigenvalue weighted by Crippen LogP contribution is -2.29. The minimum atomic E-state index is -0.292. The first-order valence-electron chi connectivity index (χ1n) is 9.38. The van der Waals surface area contributed by atoms with Gasteiger partial charge in [-0.25, -0.2) is 4.98 Å². The summed E-state index contributed by atoms with van der Waals surface area (Å²) in [6.45, 7) is 3.13. The molecule has 0 unspecified atom stereocenters. The van der Waals surface area contributed by atoms with Gasteiger partial charge in [0, 0.05) is 31.6 Å². The first kappa shape index (κ1) is 18.8. The number of amides is 1. The second kappa shape index (κ2) is 8.24. The predicted octanol–water partition coefficient (Wildman–Crippen LogP) is 2.96. The number of nitrogens with one attached hydrogen (secondary N) is 2. The molecule has 1 aromatic carbocycles. The van der Waals surface area contributed by atoms with Gasteiger partial charge in [0.05, 0.1) is 29.4 Å². The minimum Gasteiger partial charge on any atom is -0.383 e. The zero-order chi connectivity index (χ0) is 20.2. The van der Waals surface area contributed by atoms with Crippen molar-refractivity contribution in [1.29, 1.82) is 0 Å². The summed E-state index contributed by atoms with van der Waals surface area (Å²) in [5.74, 6) is 0.543. The molecule has 0 aliphatic rings. The number of pyridine rings is 1. The Morgan fingerprint density at radius 3 is 2.83 bits per heavy atom. The molecule has 0 aliphatic carbocycles. The van der Waals surface area contributed by atoms with Crippen molar-refractivity contribution in [3.63, 3.8) is 0 Å². The molecule has 1 amide bonds. The van der Waals surface area contributed by atoms with Crippen LogP contribution in [0.1, 0.15) is 29.3 Å². The summed E-state index contributed by atoms with van der Waals surface area (Å²) in [7, 11) is 1.67. The molecule has 4 rings (SSSR count). The molecule has 0 saturated heterocycles. The molecular formula is C21H22N6O2. The van der Waals surface area contributed by atoms with E-state index in [4.69, 9.17) is 9.72 Å². The lowest BCUT2D eigenvalue weighted by Gasteiger charge is -2.15. The van der Waals surface area contributed by atoms with Gasteiger partial charge in [0.15, 0.2) is 0 Å². The largest absolute Gasteiger partial charge is 0.383 e. The lowest BCUT2D eigenvalue weighted by molar-refractivity contribution is 0.0932. The van der Waals surface area contributed by atoms with Gasteiger partial charge >= 0.3 is 0 Å². The van der Waals surface area contributed by atoms with Gasteiger partial charge in [-0.05, 0) is 37.3 Å². The quantitative estimate of drug-likeness (QED) is 0.506. The van der Waals surface area contributed by atoms with Crippen molar-refractivity contribution in [3.05, 3.63) is 66.4 Å². The number of fused-ring (bicyclic) bond motifs is 1. The van der Waals surface area contributed by atoms with Gasteiger partial charge in [0.2, 0.25) is 0 Å². The Morgan fingerprint density at radius 2 is 2.03 bits per heavy atom. The van der Waals surface area contributed by atoms with Crippen LogP contribution in [0.3, 0.4) is 0 Å². The number of ether oxygens (including phenoxy) is 1. The van der Waals surface area contributed by atoms with Crippen LogP contribution in [0.15, 0.2) is 54.9 Å². The van der Waals surface area contributed by atoms with Crippen molar-refractivity contribution < 1.29 is 9.53 Å². The average molecular weight is 390 g/mol. The van der Waals surface area contributed by atoms with Crippen molar-refractivity contribution in [1.82, 2.24) is 30.0 Å². The molecule has 3 aromatic heterocycles. The van der Waals surface area contributed by atoms with Gasteiger partial charge in [-0.3, -0.25) is 14.9 Å². The molecule has 0 spiro atoms. The molecule has 1 atom stereocenters. The third kappa shape index (κ3) is 3.88. The second-order valence-electron chi connectivity index (χ2n) is 6.70. The number of rotatable bonds is 7. The molecule has 29 heavy (non-hydrogen) atoms. The molecule has 3 heterocycles. The number of aromatic nitrogens is 5. The van der Waals surface area contributed by atoms with Crippen molar-refractivity contribution in [2.24, 2.45) is 0 Å². The van der Waals surface area contributed by atoms with Crippen LogP contribution in [0.5, 0.6) is 0 Å². The minimum absolute atomic E-state index is 0.240. The predicted molar refractivity (Wildman–Crippen MR) is 109 cm³/mol. The summed E-state index contributed by atoms with van der Waals surface area (Å²) in [5, 5.41) is 10.0. The van der Waals surface area contributed by atoms with Crippen LogP contribution < -0.4 is 5.32 Å². The highest BCUT2D eigenvalue weighted by Crippen LogP contribution is 2.22. The van der Waals surface area contributed by atoms with Gasteiger partial charge in [-0.1, -0.05) is 12.1 Å². The number of methoxy groups -OCH3 is 1. The van der Waals surface area contributed by atoms with Gasteiger partial charge in [0.25, 0.3) is 5.91 Å². The molecule has 0 aliphatic heterocycles. The molecule has 8 nitrogen and oxygen atoms in total. The molecule has 148 valence electrons. The summed E-state index contributed by atoms with van der Waals surface area (Å²) < 4.78 is 7.32. The highest BCUT2D eigenvalue weighted by atomic mass is 16.5. The third-order valence-electron chi connectivity index (χ3n) is 4.74. The lowest BCUT2D eigenvalue weighted by atomic mass is 10.2. The van der Waals surface area contributed by atoms with Crippen LogP contribution in [0.25, 0.3) is 22.3 Å². The van der Waals surface area contributed by atoms with Gasteiger partial charge in [-0.2, -0.15) is 5.10 Å². The number of nitrogens with zero attached hydrogens (tertiary/aromatic N) is 4. The Kier molecular flexibility index (Phi) is 5.35. The maximum atomic E-state index is 12.8.